The number of rotatable bonds is 2. The smallest absolute Gasteiger partial charge is 0.416 e. The van der Waals surface area contributed by atoms with Crippen LogP contribution in [-0.4, -0.2) is 11.7 Å². The largest absolute Gasteiger partial charge is 0.444 e. The predicted molar refractivity (Wildman–Crippen MR) is 69.3 cm³/mol. The van der Waals surface area contributed by atoms with Crippen LogP contribution in [0.5, 0.6) is 0 Å². The number of carbonyl (C=O) groups excluding carboxylic acids is 1. The average Bonchev–Trinajstić information content (AvgIpc) is 2.23. The Bertz CT molecular complexity index is 490. The molecule has 0 aromatic heterocycles. The molecule has 0 unspecified atom stereocenters. The van der Waals surface area contributed by atoms with Gasteiger partial charge in [0.05, 0.1) is 5.56 Å². The molecule has 0 aliphatic carbocycles. The molecule has 1 aromatic rings. The molecule has 0 saturated carbocycles. The molecule has 20 heavy (non-hydrogen) atoms. The van der Waals surface area contributed by atoms with Gasteiger partial charge in [-0.1, -0.05) is 6.07 Å². The fourth-order valence-electron chi connectivity index (χ4n) is 1.55. The highest BCUT2D eigenvalue weighted by Crippen LogP contribution is 2.30. The first-order valence-corrected chi connectivity index (χ1v) is 6.12. The molecule has 1 rings (SSSR count). The number of carbonyl (C=O) groups is 1. The van der Waals surface area contributed by atoms with Gasteiger partial charge in [-0.25, -0.2) is 4.79 Å². The molecule has 0 fully saturated rings. The first-order chi connectivity index (χ1) is 8.99. The Kier molecular flexibility index (Phi) is 4.68. The third-order valence-corrected chi connectivity index (χ3v) is 2.49. The Morgan fingerprint density at radius 2 is 1.85 bits per heavy atom. The second-order valence-corrected chi connectivity index (χ2v) is 5.49. The molecule has 0 atom stereocenters. The molecular formula is C14H18F3NO2. The fourth-order valence-corrected chi connectivity index (χ4v) is 1.55. The van der Waals surface area contributed by atoms with E-state index in [1.165, 1.54) is 6.07 Å². The number of halogens is 3. The zero-order chi connectivity index (χ0) is 15.6. The number of benzene rings is 1. The Hall–Kier alpha value is -1.72. The SMILES string of the molecule is Cc1cc(C(F)(F)F)ccc1CNC(=O)OC(C)(C)C. The van der Waals surface area contributed by atoms with E-state index < -0.39 is 23.4 Å². The summed E-state index contributed by atoms with van der Waals surface area (Å²) in [6.07, 6.45) is -4.96. The summed E-state index contributed by atoms with van der Waals surface area (Å²) < 4.78 is 42.6. The molecule has 0 spiro atoms. The fraction of sp³-hybridized carbons (Fsp3) is 0.500. The van der Waals surface area contributed by atoms with Crippen LogP contribution in [0.25, 0.3) is 0 Å². The minimum Gasteiger partial charge on any atom is -0.444 e. The lowest BCUT2D eigenvalue weighted by molar-refractivity contribution is -0.137. The quantitative estimate of drug-likeness (QED) is 0.892. The third kappa shape index (κ3) is 5.11. The van der Waals surface area contributed by atoms with Crippen molar-refractivity contribution in [3.63, 3.8) is 0 Å². The van der Waals surface area contributed by atoms with E-state index in [4.69, 9.17) is 4.74 Å². The third-order valence-electron chi connectivity index (χ3n) is 2.49. The Labute approximate surface area is 116 Å². The molecule has 0 radical (unpaired) electrons. The normalized spacial score (nSPS) is 12.2. The van der Waals surface area contributed by atoms with Crippen molar-refractivity contribution in [1.29, 1.82) is 0 Å². The van der Waals surface area contributed by atoms with Crippen LogP contribution in [0, 0.1) is 6.92 Å². The van der Waals surface area contributed by atoms with Crippen molar-refractivity contribution in [2.75, 3.05) is 0 Å². The monoisotopic (exact) mass is 289 g/mol. The molecule has 1 N–H and O–H groups in total. The predicted octanol–water partition coefficient (Wildman–Crippen LogP) is 4.04. The lowest BCUT2D eigenvalue weighted by Crippen LogP contribution is -2.32. The van der Waals surface area contributed by atoms with Gasteiger partial charge in [0.15, 0.2) is 0 Å². The van der Waals surface area contributed by atoms with E-state index in [2.05, 4.69) is 5.32 Å². The van der Waals surface area contributed by atoms with Crippen LogP contribution in [0.3, 0.4) is 0 Å². The van der Waals surface area contributed by atoms with Gasteiger partial charge in [-0.3, -0.25) is 0 Å². The molecule has 0 bridgehead atoms. The molecule has 3 nitrogen and oxygen atoms in total. The van der Waals surface area contributed by atoms with E-state index in [9.17, 15) is 18.0 Å². The maximum absolute atomic E-state index is 12.5. The molecule has 0 saturated heterocycles. The van der Waals surface area contributed by atoms with Crippen LogP contribution in [0.15, 0.2) is 18.2 Å². The number of hydrogen-bond acceptors (Lipinski definition) is 2. The molecule has 112 valence electrons. The minimum atomic E-state index is -4.36. The highest BCUT2D eigenvalue weighted by Gasteiger charge is 2.30. The Balaban J connectivity index is 2.68. The number of ether oxygens (including phenoxy) is 1. The average molecular weight is 289 g/mol. The van der Waals surface area contributed by atoms with E-state index in [1.54, 1.807) is 27.7 Å². The summed E-state index contributed by atoms with van der Waals surface area (Å²) in [5.41, 5.74) is -0.227. The summed E-state index contributed by atoms with van der Waals surface area (Å²) in [5.74, 6) is 0. The number of aryl methyl sites for hydroxylation is 1. The van der Waals surface area contributed by atoms with Crippen LogP contribution in [0.4, 0.5) is 18.0 Å². The molecule has 1 aromatic carbocycles. The molecule has 6 heteroatoms. The topological polar surface area (TPSA) is 38.3 Å². The summed E-state index contributed by atoms with van der Waals surface area (Å²) in [6.45, 7) is 6.89. The maximum Gasteiger partial charge on any atom is 0.416 e. The molecule has 0 heterocycles. The van der Waals surface area contributed by atoms with Crippen LogP contribution in [0.2, 0.25) is 0 Å². The van der Waals surface area contributed by atoms with E-state index >= 15 is 0 Å². The summed E-state index contributed by atoms with van der Waals surface area (Å²) in [4.78, 5) is 11.5. The van der Waals surface area contributed by atoms with E-state index in [1.807, 2.05) is 0 Å². The van der Waals surface area contributed by atoms with Gasteiger partial charge in [0.1, 0.15) is 5.60 Å². The zero-order valence-electron chi connectivity index (χ0n) is 11.9. The van der Waals surface area contributed by atoms with Crippen molar-refractivity contribution in [3.8, 4) is 0 Å². The van der Waals surface area contributed by atoms with Crippen molar-refractivity contribution in [2.24, 2.45) is 0 Å². The number of amides is 1. The molecule has 0 aliphatic heterocycles. The molecule has 1 amide bonds. The summed E-state index contributed by atoms with van der Waals surface area (Å²) in [6, 6.07) is 3.42. The summed E-state index contributed by atoms with van der Waals surface area (Å²) in [5, 5.41) is 2.51. The van der Waals surface area contributed by atoms with Gasteiger partial charge in [0.2, 0.25) is 0 Å². The van der Waals surface area contributed by atoms with Crippen LogP contribution in [-0.2, 0) is 17.5 Å². The lowest BCUT2D eigenvalue weighted by Gasteiger charge is -2.20. The van der Waals surface area contributed by atoms with Crippen LogP contribution in [0.1, 0.15) is 37.5 Å². The van der Waals surface area contributed by atoms with Crippen molar-refractivity contribution < 1.29 is 22.7 Å². The van der Waals surface area contributed by atoms with Gasteiger partial charge in [0.25, 0.3) is 0 Å². The van der Waals surface area contributed by atoms with Gasteiger partial charge >= 0.3 is 12.3 Å². The van der Waals surface area contributed by atoms with Gasteiger partial charge in [-0.15, -0.1) is 0 Å². The van der Waals surface area contributed by atoms with E-state index in [-0.39, 0.29) is 6.54 Å². The van der Waals surface area contributed by atoms with Gasteiger partial charge in [-0.2, -0.15) is 13.2 Å². The highest BCUT2D eigenvalue weighted by molar-refractivity contribution is 5.67. The van der Waals surface area contributed by atoms with Gasteiger partial charge in [-0.05, 0) is 51.0 Å². The van der Waals surface area contributed by atoms with Crippen molar-refractivity contribution in [2.45, 2.75) is 46.0 Å². The van der Waals surface area contributed by atoms with E-state index in [0.29, 0.717) is 11.1 Å². The number of alkyl carbamates (subject to hydrolysis) is 1. The first kappa shape index (κ1) is 16.3. The van der Waals surface area contributed by atoms with Crippen LogP contribution >= 0.6 is 0 Å². The van der Waals surface area contributed by atoms with Gasteiger partial charge in [0, 0.05) is 6.54 Å². The number of alkyl halides is 3. The Morgan fingerprint density at radius 3 is 2.30 bits per heavy atom. The lowest BCUT2D eigenvalue weighted by atomic mass is 10.0. The highest BCUT2D eigenvalue weighted by atomic mass is 19.4. The van der Waals surface area contributed by atoms with E-state index in [0.717, 1.165) is 12.1 Å². The molecule has 0 aliphatic rings. The molecular weight excluding hydrogens is 271 g/mol. The summed E-state index contributed by atoms with van der Waals surface area (Å²) >= 11 is 0. The zero-order valence-corrected chi connectivity index (χ0v) is 11.9. The summed E-state index contributed by atoms with van der Waals surface area (Å²) in [7, 11) is 0. The Morgan fingerprint density at radius 1 is 1.25 bits per heavy atom. The van der Waals surface area contributed by atoms with Crippen molar-refractivity contribution in [3.05, 3.63) is 34.9 Å². The van der Waals surface area contributed by atoms with Crippen molar-refractivity contribution in [1.82, 2.24) is 5.32 Å². The van der Waals surface area contributed by atoms with Crippen molar-refractivity contribution >= 4 is 6.09 Å². The second kappa shape index (κ2) is 5.73. The minimum absolute atomic E-state index is 0.124. The second-order valence-electron chi connectivity index (χ2n) is 5.49. The van der Waals surface area contributed by atoms with Gasteiger partial charge < -0.3 is 10.1 Å². The standard InChI is InChI=1S/C14H18F3NO2/c1-9-7-11(14(15,16)17)6-5-10(9)8-18-12(19)20-13(2,3)4/h5-7H,8H2,1-4H3,(H,18,19). The number of nitrogens with one attached hydrogen (secondary N) is 1. The van der Waals surface area contributed by atoms with Crippen LogP contribution < -0.4 is 5.32 Å². The maximum atomic E-state index is 12.5. The number of hydrogen-bond donors (Lipinski definition) is 1. The first-order valence-electron chi connectivity index (χ1n) is 6.12.